The zero-order valence-corrected chi connectivity index (χ0v) is 13.7. The highest BCUT2D eigenvalue weighted by molar-refractivity contribution is 5.53. The largest absolute Gasteiger partial charge is 0.418 e. The minimum absolute atomic E-state index is 0.198. The van der Waals surface area contributed by atoms with Crippen molar-refractivity contribution in [1.82, 2.24) is 9.88 Å². The lowest BCUT2D eigenvalue weighted by atomic mass is 9.95. The van der Waals surface area contributed by atoms with Crippen molar-refractivity contribution in [3.05, 3.63) is 24.0 Å². The molecule has 3 rings (SSSR count). The van der Waals surface area contributed by atoms with Crippen molar-refractivity contribution in [2.75, 3.05) is 37.6 Å². The molecular formula is C17H24F3N3O. The number of hydrogen-bond donors (Lipinski definition) is 1. The predicted octanol–water partition coefficient (Wildman–Crippen LogP) is 2.77. The van der Waals surface area contributed by atoms with E-state index in [0.717, 1.165) is 51.4 Å². The molecule has 1 unspecified atom stereocenters. The molecule has 1 N–H and O–H groups in total. The van der Waals surface area contributed by atoms with Gasteiger partial charge in [0.2, 0.25) is 0 Å². The predicted molar refractivity (Wildman–Crippen MR) is 85.9 cm³/mol. The highest BCUT2D eigenvalue weighted by Crippen LogP contribution is 2.37. The molecule has 0 aliphatic carbocycles. The summed E-state index contributed by atoms with van der Waals surface area (Å²) < 4.78 is 39.7. The summed E-state index contributed by atoms with van der Waals surface area (Å²) in [7, 11) is 0. The Morgan fingerprint density at radius 3 is 2.62 bits per heavy atom. The van der Waals surface area contributed by atoms with Crippen LogP contribution in [0.3, 0.4) is 0 Å². The summed E-state index contributed by atoms with van der Waals surface area (Å²) in [5.41, 5.74) is -0.400. The van der Waals surface area contributed by atoms with Crippen LogP contribution in [0.2, 0.25) is 0 Å². The molecule has 3 heterocycles. The van der Waals surface area contributed by atoms with Crippen LogP contribution in [0.1, 0.15) is 31.2 Å². The van der Waals surface area contributed by atoms with Gasteiger partial charge in [0.05, 0.1) is 23.6 Å². The third-order valence-corrected chi connectivity index (χ3v) is 5.04. The van der Waals surface area contributed by atoms with Crippen LogP contribution < -0.4 is 4.90 Å². The molecule has 134 valence electrons. The monoisotopic (exact) mass is 343 g/mol. The number of halogens is 3. The molecule has 1 aromatic heterocycles. The van der Waals surface area contributed by atoms with E-state index in [2.05, 4.69) is 9.88 Å². The first kappa shape index (κ1) is 17.5. The Morgan fingerprint density at radius 2 is 1.92 bits per heavy atom. The molecule has 0 radical (unpaired) electrons. The smallest absolute Gasteiger partial charge is 0.393 e. The lowest BCUT2D eigenvalue weighted by Crippen LogP contribution is -2.44. The number of alkyl halides is 3. The van der Waals surface area contributed by atoms with Crippen LogP contribution in [0.5, 0.6) is 0 Å². The third kappa shape index (κ3) is 4.19. The number of hydrogen-bond acceptors (Lipinski definition) is 4. The molecule has 1 aromatic rings. The number of pyridine rings is 1. The van der Waals surface area contributed by atoms with Crippen molar-refractivity contribution in [2.45, 2.75) is 38.0 Å². The first-order valence-electron chi connectivity index (χ1n) is 8.60. The number of rotatable bonds is 3. The Hall–Kier alpha value is -1.34. The number of aliphatic hydroxyl groups is 1. The van der Waals surface area contributed by atoms with Gasteiger partial charge >= 0.3 is 6.18 Å². The fraction of sp³-hybridized carbons (Fsp3) is 0.706. The second-order valence-corrected chi connectivity index (χ2v) is 6.88. The molecule has 4 nitrogen and oxygen atoms in total. The Bertz CT molecular complexity index is 544. The number of likely N-dealkylation sites (tertiary alicyclic amines) is 1. The van der Waals surface area contributed by atoms with Gasteiger partial charge in [-0.1, -0.05) is 0 Å². The Morgan fingerprint density at radius 1 is 1.17 bits per heavy atom. The Labute approximate surface area is 140 Å². The van der Waals surface area contributed by atoms with Crippen molar-refractivity contribution in [1.29, 1.82) is 0 Å². The summed E-state index contributed by atoms with van der Waals surface area (Å²) in [6, 6.07) is 1.06. The van der Waals surface area contributed by atoms with Gasteiger partial charge in [0.1, 0.15) is 0 Å². The van der Waals surface area contributed by atoms with E-state index in [0.29, 0.717) is 19.0 Å². The SMILES string of the molecule is OC1CCN(CC2CCCN(c3cnccc3C(F)(F)F)C2)CC1. The van der Waals surface area contributed by atoms with E-state index in [1.807, 2.05) is 4.90 Å². The minimum atomic E-state index is -4.35. The number of anilines is 1. The first-order valence-corrected chi connectivity index (χ1v) is 8.60. The van der Waals surface area contributed by atoms with E-state index < -0.39 is 11.7 Å². The highest BCUT2D eigenvalue weighted by atomic mass is 19.4. The molecule has 1 atom stereocenters. The van der Waals surface area contributed by atoms with Gasteiger partial charge < -0.3 is 14.9 Å². The van der Waals surface area contributed by atoms with Crippen LogP contribution in [0.4, 0.5) is 18.9 Å². The van der Waals surface area contributed by atoms with E-state index in [4.69, 9.17) is 0 Å². The van der Waals surface area contributed by atoms with Crippen LogP contribution in [0.15, 0.2) is 18.5 Å². The minimum Gasteiger partial charge on any atom is -0.393 e. The van der Waals surface area contributed by atoms with Crippen molar-refractivity contribution >= 4 is 5.69 Å². The molecule has 0 amide bonds. The molecule has 0 bridgehead atoms. The van der Waals surface area contributed by atoms with Gasteiger partial charge in [-0.3, -0.25) is 4.98 Å². The van der Waals surface area contributed by atoms with Crippen LogP contribution in [-0.4, -0.2) is 53.8 Å². The molecule has 7 heteroatoms. The van der Waals surface area contributed by atoms with E-state index in [-0.39, 0.29) is 11.8 Å². The summed E-state index contributed by atoms with van der Waals surface area (Å²) in [5.74, 6) is 0.357. The normalized spacial score (nSPS) is 24.3. The number of nitrogens with zero attached hydrogens (tertiary/aromatic N) is 3. The summed E-state index contributed by atoms with van der Waals surface area (Å²) >= 11 is 0. The highest BCUT2D eigenvalue weighted by Gasteiger charge is 2.36. The van der Waals surface area contributed by atoms with Crippen LogP contribution in [0, 0.1) is 5.92 Å². The average molecular weight is 343 g/mol. The van der Waals surface area contributed by atoms with Gasteiger partial charge in [0.25, 0.3) is 0 Å². The lowest BCUT2D eigenvalue weighted by molar-refractivity contribution is -0.137. The molecule has 2 aliphatic rings. The molecule has 0 aromatic carbocycles. The Balaban J connectivity index is 1.66. The van der Waals surface area contributed by atoms with Crippen molar-refractivity contribution in [2.24, 2.45) is 5.92 Å². The zero-order chi connectivity index (χ0) is 17.2. The summed E-state index contributed by atoms with van der Waals surface area (Å²) in [6.45, 7) is 3.92. The van der Waals surface area contributed by atoms with E-state index in [1.165, 1.54) is 12.4 Å². The number of piperidine rings is 2. The number of aromatic nitrogens is 1. The maximum atomic E-state index is 13.2. The average Bonchev–Trinajstić information content (AvgIpc) is 2.56. The van der Waals surface area contributed by atoms with Crippen LogP contribution >= 0.6 is 0 Å². The van der Waals surface area contributed by atoms with Crippen LogP contribution in [-0.2, 0) is 6.18 Å². The summed E-state index contributed by atoms with van der Waals surface area (Å²) in [6.07, 6.45) is 1.50. The fourth-order valence-corrected chi connectivity index (χ4v) is 3.78. The van der Waals surface area contributed by atoms with E-state index in [1.54, 1.807) is 0 Å². The van der Waals surface area contributed by atoms with Crippen molar-refractivity contribution in [3.8, 4) is 0 Å². The second-order valence-electron chi connectivity index (χ2n) is 6.88. The van der Waals surface area contributed by atoms with E-state index in [9.17, 15) is 18.3 Å². The number of aliphatic hydroxyl groups excluding tert-OH is 1. The first-order chi connectivity index (χ1) is 11.4. The topological polar surface area (TPSA) is 39.6 Å². The summed E-state index contributed by atoms with van der Waals surface area (Å²) in [4.78, 5) is 8.07. The van der Waals surface area contributed by atoms with Gasteiger partial charge in [0.15, 0.2) is 0 Å². The quantitative estimate of drug-likeness (QED) is 0.916. The van der Waals surface area contributed by atoms with Crippen molar-refractivity contribution in [3.63, 3.8) is 0 Å². The van der Waals surface area contributed by atoms with Crippen LogP contribution in [0.25, 0.3) is 0 Å². The zero-order valence-electron chi connectivity index (χ0n) is 13.7. The third-order valence-electron chi connectivity index (χ3n) is 5.04. The van der Waals surface area contributed by atoms with Gasteiger partial charge in [-0.2, -0.15) is 13.2 Å². The van der Waals surface area contributed by atoms with Gasteiger partial charge in [-0.15, -0.1) is 0 Å². The van der Waals surface area contributed by atoms with Gasteiger partial charge in [-0.25, -0.2) is 0 Å². The molecular weight excluding hydrogens is 319 g/mol. The molecule has 2 saturated heterocycles. The molecule has 2 fully saturated rings. The van der Waals surface area contributed by atoms with Gasteiger partial charge in [-0.05, 0) is 37.7 Å². The second kappa shape index (κ2) is 7.27. The van der Waals surface area contributed by atoms with E-state index >= 15 is 0 Å². The molecule has 0 saturated carbocycles. The van der Waals surface area contributed by atoms with Crippen molar-refractivity contribution < 1.29 is 18.3 Å². The van der Waals surface area contributed by atoms with Gasteiger partial charge in [0, 0.05) is 38.9 Å². The summed E-state index contributed by atoms with van der Waals surface area (Å²) in [5, 5.41) is 9.58. The Kier molecular flexibility index (Phi) is 5.30. The maximum Gasteiger partial charge on any atom is 0.418 e. The molecule has 24 heavy (non-hydrogen) atoms. The molecule has 0 spiro atoms. The molecule has 2 aliphatic heterocycles. The standard InChI is InChI=1S/C17H24F3N3O/c18-17(19,20)15-3-6-21-10-16(15)23-7-1-2-13(12-23)11-22-8-4-14(24)5-9-22/h3,6,10,13-14,24H,1-2,4-5,7-9,11-12H2. The maximum absolute atomic E-state index is 13.2. The fourth-order valence-electron chi connectivity index (χ4n) is 3.78. The lowest BCUT2D eigenvalue weighted by Gasteiger charge is -2.39.